The quantitative estimate of drug-likeness (QED) is 0.784. The second-order valence-corrected chi connectivity index (χ2v) is 4.61. The molecule has 0 aliphatic carbocycles. The molecule has 0 aliphatic rings. The standard InChI is InChI=1S/C16H14N2O2/c1-10-13(9-17)15(12-7-5-4-6-8-12)14(11(2)19)16(20)18(10)3/h4-8H,1-3H3. The summed E-state index contributed by atoms with van der Waals surface area (Å²) in [5, 5.41) is 9.41. The third-order valence-electron chi connectivity index (χ3n) is 3.41. The molecule has 2 rings (SSSR count). The summed E-state index contributed by atoms with van der Waals surface area (Å²) in [6.45, 7) is 3.05. The molecule has 0 spiro atoms. The van der Waals surface area contributed by atoms with Crippen molar-refractivity contribution < 1.29 is 4.79 Å². The average molecular weight is 266 g/mol. The average Bonchev–Trinajstić information content (AvgIpc) is 2.45. The van der Waals surface area contributed by atoms with Gasteiger partial charge in [0.25, 0.3) is 5.56 Å². The van der Waals surface area contributed by atoms with Crippen LogP contribution in [0.3, 0.4) is 0 Å². The SMILES string of the molecule is CC(=O)c1c(-c2ccccc2)c(C#N)c(C)n(C)c1=O. The second-order valence-electron chi connectivity index (χ2n) is 4.61. The van der Waals surface area contributed by atoms with E-state index in [1.807, 2.05) is 18.2 Å². The van der Waals surface area contributed by atoms with Crippen LogP contribution in [0.25, 0.3) is 11.1 Å². The first-order valence-electron chi connectivity index (χ1n) is 6.19. The molecule has 4 heteroatoms. The van der Waals surface area contributed by atoms with E-state index in [9.17, 15) is 14.9 Å². The van der Waals surface area contributed by atoms with Gasteiger partial charge < -0.3 is 4.57 Å². The van der Waals surface area contributed by atoms with Crippen molar-refractivity contribution in [3.63, 3.8) is 0 Å². The van der Waals surface area contributed by atoms with Crippen LogP contribution in [0, 0.1) is 18.3 Å². The first kappa shape index (κ1) is 13.8. The molecule has 1 heterocycles. The Bertz CT molecular complexity index is 781. The number of hydrogen-bond acceptors (Lipinski definition) is 3. The van der Waals surface area contributed by atoms with E-state index in [0.29, 0.717) is 22.4 Å². The predicted octanol–water partition coefficient (Wildman–Crippen LogP) is 2.43. The smallest absolute Gasteiger partial charge is 0.262 e. The van der Waals surface area contributed by atoms with Gasteiger partial charge in [0, 0.05) is 18.3 Å². The largest absolute Gasteiger partial charge is 0.314 e. The minimum atomic E-state index is -0.368. The molecule has 0 aliphatic heterocycles. The topological polar surface area (TPSA) is 62.9 Å². The molecule has 1 aromatic carbocycles. The van der Waals surface area contributed by atoms with Crippen LogP contribution < -0.4 is 5.56 Å². The maximum Gasteiger partial charge on any atom is 0.262 e. The lowest BCUT2D eigenvalue weighted by atomic mass is 9.93. The van der Waals surface area contributed by atoms with Gasteiger partial charge in [0.15, 0.2) is 5.78 Å². The number of ketones is 1. The molecule has 0 atom stereocenters. The molecule has 0 radical (unpaired) electrons. The minimum absolute atomic E-state index is 0.0702. The van der Waals surface area contributed by atoms with Gasteiger partial charge in [-0.15, -0.1) is 0 Å². The van der Waals surface area contributed by atoms with E-state index >= 15 is 0 Å². The van der Waals surface area contributed by atoms with Crippen molar-refractivity contribution in [2.45, 2.75) is 13.8 Å². The highest BCUT2D eigenvalue weighted by Crippen LogP contribution is 2.27. The highest BCUT2D eigenvalue weighted by atomic mass is 16.1. The lowest BCUT2D eigenvalue weighted by Crippen LogP contribution is -2.27. The Morgan fingerprint density at radius 1 is 1.25 bits per heavy atom. The van der Waals surface area contributed by atoms with Crippen LogP contribution in [0.1, 0.15) is 28.5 Å². The van der Waals surface area contributed by atoms with Crippen molar-refractivity contribution in [1.82, 2.24) is 4.57 Å². The number of nitriles is 1. The Balaban J connectivity index is 3.03. The van der Waals surface area contributed by atoms with Gasteiger partial charge in [-0.2, -0.15) is 5.26 Å². The molecule has 20 heavy (non-hydrogen) atoms. The van der Waals surface area contributed by atoms with Crippen molar-refractivity contribution in [1.29, 1.82) is 5.26 Å². The molecule has 0 N–H and O–H groups in total. The van der Waals surface area contributed by atoms with Crippen LogP contribution in [-0.4, -0.2) is 10.4 Å². The molecule has 0 saturated heterocycles. The minimum Gasteiger partial charge on any atom is -0.314 e. The van der Waals surface area contributed by atoms with Gasteiger partial charge in [-0.3, -0.25) is 9.59 Å². The zero-order valence-corrected chi connectivity index (χ0v) is 11.6. The van der Waals surface area contributed by atoms with Crippen molar-refractivity contribution in [2.75, 3.05) is 0 Å². The summed E-state index contributed by atoms with van der Waals surface area (Å²) >= 11 is 0. The van der Waals surface area contributed by atoms with Gasteiger partial charge in [-0.1, -0.05) is 30.3 Å². The summed E-state index contributed by atoms with van der Waals surface area (Å²) in [5.74, 6) is -0.332. The normalized spacial score (nSPS) is 10.1. The van der Waals surface area contributed by atoms with Crippen LogP contribution in [0.15, 0.2) is 35.1 Å². The lowest BCUT2D eigenvalue weighted by Gasteiger charge is -2.14. The van der Waals surface area contributed by atoms with E-state index in [2.05, 4.69) is 6.07 Å². The number of rotatable bonds is 2. The number of benzene rings is 1. The molecule has 0 amide bonds. The number of aromatic nitrogens is 1. The molecule has 100 valence electrons. The Morgan fingerprint density at radius 2 is 1.85 bits per heavy atom. The van der Waals surface area contributed by atoms with Crippen LogP contribution in [0.5, 0.6) is 0 Å². The molecule has 2 aromatic rings. The third kappa shape index (κ3) is 2.04. The number of carbonyl (C=O) groups excluding carboxylic acids is 1. The fourth-order valence-electron chi connectivity index (χ4n) is 2.26. The van der Waals surface area contributed by atoms with Gasteiger partial charge in [0.2, 0.25) is 0 Å². The summed E-state index contributed by atoms with van der Waals surface area (Å²) in [7, 11) is 1.57. The number of pyridine rings is 1. The summed E-state index contributed by atoms with van der Waals surface area (Å²) in [5.41, 5.74) is 1.76. The highest BCUT2D eigenvalue weighted by Gasteiger charge is 2.21. The molecular weight excluding hydrogens is 252 g/mol. The van der Waals surface area contributed by atoms with Crippen molar-refractivity contribution >= 4 is 5.78 Å². The Morgan fingerprint density at radius 3 is 2.35 bits per heavy atom. The summed E-state index contributed by atoms with van der Waals surface area (Å²) in [6.07, 6.45) is 0. The van der Waals surface area contributed by atoms with Gasteiger partial charge >= 0.3 is 0 Å². The summed E-state index contributed by atoms with van der Waals surface area (Å²) < 4.78 is 1.35. The Hall–Kier alpha value is -2.67. The fraction of sp³-hybridized carbons (Fsp3) is 0.188. The Labute approximate surface area is 116 Å². The second kappa shape index (κ2) is 5.14. The molecule has 4 nitrogen and oxygen atoms in total. The molecule has 0 unspecified atom stereocenters. The van der Waals surface area contributed by atoms with Crippen molar-refractivity contribution in [2.24, 2.45) is 7.05 Å². The van der Waals surface area contributed by atoms with E-state index < -0.39 is 0 Å². The van der Waals surface area contributed by atoms with E-state index in [1.54, 1.807) is 26.1 Å². The number of nitrogens with zero attached hydrogens (tertiary/aromatic N) is 2. The predicted molar refractivity (Wildman–Crippen MR) is 76.6 cm³/mol. The first-order chi connectivity index (χ1) is 9.49. The number of Topliss-reactive ketones (excluding diaryl/α,β-unsaturated/α-hetero) is 1. The van der Waals surface area contributed by atoms with Crippen LogP contribution in [0.4, 0.5) is 0 Å². The van der Waals surface area contributed by atoms with Crippen molar-refractivity contribution in [3.8, 4) is 17.2 Å². The van der Waals surface area contributed by atoms with Gasteiger partial charge in [-0.25, -0.2) is 0 Å². The van der Waals surface area contributed by atoms with Gasteiger partial charge in [0.1, 0.15) is 6.07 Å². The zero-order chi connectivity index (χ0) is 14.9. The summed E-state index contributed by atoms with van der Waals surface area (Å²) in [6, 6.07) is 11.2. The van der Waals surface area contributed by atoms with Crippen LogP contribution in [-0.2, 0) is 7.05 Å². The fourth-order valence-corrected chi connectivity index (χ4v) is 2.26. The number of carbonyl (C=O) groups is 1. The lowest BCUT2D eigenvalue weighted by molar-refractivity contribution is 0.101. The maximum absolute atomic E-state index is 12.3. The third-order valence-corrected chi connectivity index (χ3v) is 3.41. The molecule has 0 bridgehead atoms. The van der Waals surface area contributed by atoms with E-state index in [0.717, 1.165) is 0 Å². The number of hydrogen-bond donors (Lipinski definition) is 0. The van der Waals surface area contributed by atoms with E-state index in [4.69, 9.17) is 0 Å². The van der Waals surface area contributed by atoms with Gasteiger partial charge in [0.05, 0.1) is 11.1 Å². The molecular formula is C16H14N2O2. The molecule has 1 aromatic heterocycles. The monoisotopic (exact) mass is 266 g/mol. The van der Waals surface area contributed by atoms with Crippen LogP contribution in [0.2, 0.25) is 0 Å². The van der Waals surface area contributed by atoms with Crippen molar-refractivity contribution in [3.05, 3.63) is 57.5 Å². The maximum atomic E-state index is 12.3. The first-order valence-corrected chi connectivity index (χ1v) is 6.19. The van der Waals surface area contributed by atoms with Crippen LogP contribution >= 0.6 is 0 Å². The van der Waals surface area contributed by atoms with E-state index in [1.165, 1.54) is 11.5 Å². The van der Waals surface area contributed by atoms with E-state index in [-0.39, 0.29) is 16.9 Å². The Kier molecular flexibility index (Phi) is 3.53. The molecule has 0 fully saturated rings. The van der Waals surface area contributed by atoms with Gasteiger partial charge in [-0.05, 0) is 19.4 Å². The molecule has 0 saturated carbocycles. The highest BCUT2D eigenvalue weighted by molar-refractivity contribution is 6.02. The summed E-state index contributed by atoms with van der Waals surface area (Å²) in [4.78, 5) is 24.2. The zero-order valence-electron chi connectivity index (χ0n) is 11.6.